The van der Waals surface area contributed by atoms with Crippen LogP contribution < -0.4 is 4.74 Å². The summed E-state index contributed by atoms with van der Waals surface area (Å²) in [6.07, 6.45) is 0.608. The molecule has 2 heterocycles. The molecule has 0 aliphatic rings. The van der Waals surface area contributed by atoms with Crippen molar-refractivity contribution < 1.29 is 34.2 Å². The topological polar surface area (TPSA) is 130 Å². The zero-order chi connectivity index (χ0) is 19.8. The summed E-state index contributed by atoms with van der Waals surface area (Å²) in [4.78, 5) is 19.1. The van der Waals surface area contributed by atoms with E-state index in [4.69, 9.17) is 19.5 Å². The van der Waals surface area contributed by atoms with Gasteiger partial charge in [-0.25, -0.2) is 9.59 Å². The van der Waals surface area contributed by atoms with Gasteiger partial charge in [0.25, 0.3) is 0 Å². The van der Waals surface area contributed by atoms with Crippen LogP contribution in [-0.2, 0) is 9.59 Å². The normalized spacial score (nSPS) is 11.8. The highest BCUT2D eigenvalue weighted by Crippen LogP contribution is 2.36. The van der Waals surface area contributed by atoms with E-state index in [1.54, 1.807) is 18.3 Å². The molecule has 0 aliphatic carbocycles. The number of aliphatic hydroxyl groups is 1. The number of carbonyl (C=O) groups is 2. The van der Waals surface area contributed by atoms with Crippen LogP contribution in [-0.4, -0.2) is 45.1 Å². The minimum absolute atomic E-state index is 0.252. The summed E-state index contributed by atoms with van der Waals surface area (Å²) in [5.41, 5.74) is 2.45. The Morgan fingerprint density at radius 3 is 2.52 bits per heavy atom. The molecule has 2 aromatic heterocycles. The van der Waals surface area contributed by atoms with E-state index in [-0.39, 0.29) is 6.61 Å². The number of ether oxygens (including phenoxy) is 1. The van der Waals surface area contributed by atoms with Crippen molar-refractivity contribution in [3.8, 4) is 17.0 Å². The molecule has 0 radical (unpaired) electrons. The highest BCUT2D eigenvalue weighted by atomic mass is 32.1. The molecule has 0 bridgehead atoms. The van der Waals surface area contributed by atoms with Gasteiger partial charge in [0.15, 0.2) is 5.58 Å². The summed E-state index contributed by atoms with van der Waals surface area (Å²) in [6, 6.07) is 9.53. The van der Waals surface area contributed by atoms with Gasteiger partial charge >= 0.3 is 11.9 Å². The van der Waals surface area contributed by atoms with E-state index >= 15 is 0 Å². The summed E-state index contributed by atoms with van der Waals surface area (Å²) >= 11 is 1.59. The Balaban J connectivity index is 0.000000279. The lowest BCUT2D eigenvalue weighted by molar-refractivity contribution is -0.134. The van der Waals surface area contributed by atoms with Crippen LogP contribution in [0.5, 0.6) is 5.75 Å². The number of hydrogen-bond acceptors (Lipinski definition) is 7. The van der Waals surface area contributed by atoms with Gasteiger partial charge in [0.2, 0.25) is 0 Å². The monoisotopic (exact) mass is 391 g/mol. The van der Waals surface area contributed by atoms with Gasteiger partial charge in [0.1, 0.15) is 22.8 Å². The Kier molecular flexibility index (Phi) is 7.09. The number of para-hydroxylation sites is 1. The molecule has 1 atom stereocenters. The fraction of sp³-hybridized carbons (Fsp3) is 0.167. The van der Waals surface area contributed by atoms with E-state index in [0.717, 1.165) is 21.5 Å². The zero-order valence-electron chi connectivity index (χ0n) is 14.2. The maximum absolute atomic E-state index is 9.55. The SMILES string of the molecule is CC(O)COc1ccccc1-c1noc2ccsc12.O=C(O)/C=C\C(=O)O. The number of aliphatic carboxylic acids is 2. The Labute approximate surface area is 157 Å². The number of aliphatic hydroxyl groups excluding tert-OH is 1. The molecule has 1 aromatic carbocycles. The molecule has 0 saturated heterocycles. The van der Waals surface area contributed by atoms with Gasteiger partial charge in [-0.15, -0.1) is 11.3 Å². The number of thiophene rings is 1. The lowest BCUT2D eigenvalue weighted by Crippen LogP contribution is -2.13. The molecule has 142 valence electrons. The molecule has 1 unspecified atom stereocenters. The zero-order valence-corrected chi connectivity index (χ0v) is 15.0. The molecule has 27 heavy (non-hydrogen) atoms. The quantitative estimate of drug-likeness (QED) is 0.547. The highest BCUT2D eigenvalue weighted by Gasteiger charge is 2.15. The predicted octanol–water partition coefficient (Wildman–Crippen LogP) is 3.03. The second-order valence-electron chi connectivity index (χ2n) is 5.31. The third-order valence-electron chi connectivity index (χ3n) is 3.07. The minimum atomic E-state index is -1.26. The first-order valence-electron chi connectivity index (χ1n) is 7.75. The first-order chi connectivity index (χ1) is 12.9. The smallest absolute Gasteiger partial charge is 0.328 e. The van der Waals surface area contributed by atoms with Crippen LogP contribution in [0.4, 0.5) is 0 Å². The van der Waals surface area contributed by atoms with Crippen LogP contribution in [0.3, 0.4) is 0 Å². The van der Waals surface area contributed by atoms with Crippen LogP contribution in [0.2, 0.25) is 0 Å². The van der Waals surface area contributed by atoms with E-state index in [1.807, 2.05) is 35.7 Å². The fourth-order valence-corrected chi connectivity index (χ4v) is 2.80. The standard InChI is InChI=1S/C14H13NO3S.C4H4O4/c1-9(16)8-17-11-5-3-2-4-10(11)13-14-12(18-15-13)6-7-19-14;5-3(6)1-2-4(7)8/h2-7,9,16H,8H2,1H3;1-2H,(H,5,6)(H,7,8)/b;2-1-. The summed E-state index contributed by atoms with van der Waals surface area (Å²) in [5.74, 6) is -1.81. The van der Waals surface area contributed by atoms with Gasteiger partial charge in [-0.2, -0.15) is 0 Å². The lowest BCUT2D eigenvalue weighted by atomic mass is 10.1. The van der Waals surface area contributed by atoms with Gasteiger partial charge in [0.05, 0.1) is 6.10 Å². The van der Waals surface area contributed by atoms with Crippen LogP contribution in [0.25, 0.3) is 21.5 Å². The van der Waals surface area contributed by atoms with Crippen molar-refractivity contribution >= 4 is 33.6 Å². The molecule has 3 rings (SSSR count). The first-order valence-corrected chi connectivity index (χ1v) is 8.63. The molecule has 0 saturated carbocycles. The number of fused-ring (bicyclic) bond motifs is 1. The van der Waals surface area contributed by atoms with Gasteiger partial charge in [-0.3, -0.25) is 0 Å². The fourth-order valence-electron chi connectivity index (χ4n) is 1.99. The molecule has 3 aromatic rings. The minimum Gasteiger partial charge on any atom is -0.490 e. The Hall–Kier alpha value is -3.17. The summed E-state index contributed by atoms with van der Waals surface area (Å²) in [5, 5.41) is 31.0. The molecular formula is C18H17NO7S. The number of carboxylic acids is 2. The third kappa shape index (κ3) is 5.94. The predicted molar refractivity (Wildman–Crippen MR) is 98.9 cm³/mol. The molecular weight excluding hydrogens is 374 g/mol. The number of aromatic nitrogens is 1. The van der Waals surface area contributed by atoms with Crippen molar-refractivity contribution in [3.05, 3.63) is 47.9 Å². The molecule has 3 N–H and O–H groups in total. The average Bonchev–Trinajstić information content (AvgIpc) is 3.22. The Morgan fingerprint density at radius 2 is 1.89 bits per heavy atom. The summed E-state index contributed by atoms with van der Waals surface area (Å²) in [7, 11) is 0. The van der Waals surface area contributed by atoms with E-state index in [1.165, 1.54) is 0 Å². The van der Waals surface area contributed by atoms with E-state index in [2.05, 4.69) is 5.16 Å². The van der Waals surface area contributed by atoms with E-state index < -0.39 is 18.0 Å². The maximum Gasteiger partial charge on any atom is 0.328 e. The van der Waals surface area contributed by atoms with Crippen LogP contribution in [0.15, 0.2) is 52.4 Å². The van der Waals surface area contributed by atoms with Crippen molar-refractivity contribution in [2.75, 3.05) is 6.61 Å². The molecule has 0 aliphatic heterocycles. The average molecular weight is 391 g/mol. The number of carboxylic acid groups (broad SMARTS) is 2. The summed E-state index contributed by atoms with van der Waals surface area (Å²) < 4.78 is 11.9. The highest BCUT2D eigenvalue weighted by molar-refractivity contribution is 7.17. The van der Waals surface area contributed by atoms with E-state index in [9.17, 15) is 14.7 Å². The van der Waals surface area contributed by atoms with Crippen molar-refractivity contribution in [1.29, 1.82) is 0 Å². The van der Waals surface area contributed by atoms with Crippen molar-refractivity contribution in [3.63, 3.8) is 0 Å². The Bertz CT molecular complexity index is 926. The number of hydrogen-bond donors (Lipinski definition) is 3. The second-order valence-corrected chi connectivity index (χ2v) is 6.23. The van der Waals surface area contributed by atoms with Crippen molar-refractivity contribution in [2.24, 2.45) is 0 Å². The second kappa shape index (κ2) is 9.51. The van der Waals surface area contributed by atoms with Gasteiger partial charge in [-0.1, -0.05) is 17.3 Å². The van der Waals surface area contributed by atoms with Crippen LogP contribution in [0, 0.1) is 0 Å². The van der Waals surface area contributed by atoms with Gasteiger partial charge < -0.3 is 24.6 Å². The van der Waals surface area contributed by atoms with Crippen molar-refractivity contribution in [2.45, 2.75) is 13.0 Å². The number of benzene rings is 1. The van der Waals surface area contributed by atoms with Crippen LogP contribution in [0.1, 0.15) is 6.92 Å². The third-order valence-corrected chi connectivity index (χ3v) is 3.97. The van der Waals surface area contributed by atoms with Gasteiger partial charge in [0, 0.05) is 17.7 Å². The Morgan fingerprint density at radius 1 is 1.22 bits per heavy atom. The van der Waals surface area contributed by atoms with Crippen molar-refractivity contribution in [1.82, 2.24) is 5.16 Å². The molecule has 8 nitrogen and oxygen atoms in total. The molecule has 0 spiro atoms. The largest absolute Gasteiger partial charge is 0.490 e. The van der Waals surface area contributed by atoms with E-state index in [0.29, 0.717) is 17.9 Å². The lowest BCUT2D eigenvalue weighted by Gasteiger charge is -2.11. The summed E-state index contributed by atoms with van der Waals surface area (Å²) in [6.45, 7) is 1.94. The molecule has 0 amide bonds. The van der Waals surface area contributed by atoms with Gasteiger partial charge in [-0.05, 0) is 30.5 Å². The number of nitrogens with zero attached hydrogens (tertiary/aromatic N) is 1. The maximum atomic E-state index is 9.55. The van der Waals surface area contributed by atoms with Crippen LogP contribution >= 0.6 is 11.3 Å². The first kappa shape index (κ1) is 20.1. The molecule has 0 fully saturated rings. The number of rotatable bonds is 6. The molecule has 9 heteroatoms.